The van der Waals surface area contributed by atoms with Gasteiger partial charge in [-0.3, -0.25) is 0 Å². The summed E-state index contributed by atoms with van der Waals surface area (Å²) in [5.74, 6) is 0.665. The van der Waals surface area contributed by atoms with Gasteiger partial charge in [0.05, 0.1) is 18.1 Å². The summed E-state index contributed by atoms with van der Waals surface area (Å²) in [5.41, 5.74) is 0.553. The number of nitrogens with zero attached hydrogens (tertiary/aromatic N) is 4. The van der Waals surface area contributed by atoms with Crippen LogP contribution in [0.2, 0.25) is 0 Å². The molecule has 15 heavy (non-hydrogen) atoms. The zero-order valence-electron chi connectivity index (χ0n) is 8.64. The molecule has 1 aromatic rings. The molecule has 0 radical (unpaired) electrons. The summed E-state index contributed by atoms with van der Waals surface area (Å²) in [5, 5.41) is 17.4. The van der Waals surface area contributed by atoms with Crippen LogP contribution in [0, 0.1) is 22.7 Å². The van der Waals surface area contributed by atoms with Gasteiger partial charge >= 0.3 is 0 Å². The van der Waals surface area contributed by atoms with Gasteiger partial charge in [-0.15, -0.1) is 0 Å². The smallest absolute Gasteiger partial charge is 0.146 e. The summed E-state index contributed by atoms with van der Waals surface area (Å²) in [7, 11) is 0. The Labute approximate surface area is 89.4 Å². The lowest BCUT2D eigenvalue weighted by molar-refractivity contribution is 0.809. The second kappa shape index (κ2) is 5.62. The molecule has 76 valence electrons. The van der Waals surface area contributed by atoms with Crippen molar-refractivity contribution < 1.29 is 0 Å². The molecule has 0 bridgehead atoms. The van der Waals surface area contributed by atoms with Gasteiger partial charge < -0.3 is 4.90 Å². The standard InChI is InChI=1S/C11H12N4/c1-2-15(8-4-6-12)11-10(9-13)5-3-7-14-11/h3,5,7H,2,4,8H2,1H3. The number of hydrogen-bond acceptors (Lipinski definition) is 4. The lowest BCUT2D eigenvalue weighted by Crippen LogP contribution is -2.25. The lowest BCUT2D eigenvalue weighted by atomic mass is 10.2. The summed E-state index contributed by atoms with van der Waals surface area (Å²) in [6.45, 7) is 3.33. The Hall–Kier alpha value is -2.07. The van der Waals surface area contributed by atoms with E-state index in [0.29, 0.717) is 24.3 Å². The van der Waals surface area contributed by atoms with Crippen molar-refractivity contribution in [3.05, 3.63) is 23.9 Å². The molecule has 0 saturated heterocycles. The van der Waals surface area contributed by atoms with E-state index in [0.717, 1.165) is 6.54 Å². The average Bonchev–Trinajstić information content (AvgIpc) is 2.30. The average molecular weight is 200 g/mol. The van der Waals surface area contributed by atoms with Gasteiger partial charge in [-0.2, -0.15) is 10.5 Å². The Kier molecular flexibility index (Phi) is 4.12. The molecule has 0 amide bonds. The third-order valence-corrected chi connectivity index (χ3v) is 2.08. The van der Waals surface area contributed by atoms with E-state index in [1.54, 1.807) is 18.3 Å². The van der Waals surface area contributed by atoms with Crippen molar-refractivity contribution >= 4 is 5.82 Å². The fraction of sp³-hybridized carbons (Fsp3) is 0.364. The molecule has 0 spiro atoms. The summed E-state index contributed by atoms with van der Waals surface area (Å²) < 4.78 is 0. The monoisotopic (exact) mass is 200 g/mol. The molecule has 1 rings (SSSR count). The van der Waals surface area contributed by atoms with Gasteiger partial charge in [-0.05, 0) is 19.1 Å². The van der Waals surface area contributed by atoms with Crippen molar-refractivity contribution in [1.29, 1.82) is 10.5 Å². The summed E-state index contributed by atoms with van der Waals surface area (Å²) >= 11 is 0. The van der Waals surface area contributed by atoms with E-state index >= 15 is 0 Å². The van der Waals surface area contributed by atoms with Crippen LogP contribution in [-0.4, -0.2) is 18.1 Å². The normalized spacial score (nSPS) is 9.00. The van der Waals surface area contributed by atoms with Crippen molar-refractivity contribution in [1.82, 2.24) is 4.98 Å². The Morgan fingerprint density at radius 1 is 1.47 bits per heavy atom. The molecule has 0 N–H and O–H groups in total. The minimum atomic E-state index is 0.440. The second-order valence-corrected chi connectivity index (χ2v) is 2.97. The highest BCUT2D eigenvalue weighted by atomic mass is 15.2. The molecular formula is C11H12N4. The van der Waals surface area contributed by atoms with Gasteiger partial charge in [0.15, 0.2) is 0 Å². The van der Waals surface area contributed by atoms with Crippen LogP contribution >= 0.6 is 0 Å². The fourth-order valence-electron chi connectivity index (χ4n) is 1.33. The van der Waals surface area contributed by atoms with Crippen LogP contribution in [0.15, 0.2) is 18.3 Å². The van der Waals surface area contributed by atoms with Crippen molar-refractivity contribution in [3.8, 4) is 12.1 Å². The Bertz CT molecular complexity index is 400. The number of rotatable bonds is 4. The second-order valence-electron chi connectivity index (χ2n) is 2.97. The minimum absolute atomic E-state index is 0.440. The van der Waals surface area contributed by atoms with E-state index < -0.39 is 0 Å². The van der Waals surface area contributed by atoms with Gasteiger partial charge in [0.25, 0.3) is 0 Å². The number of hydrogen-bond donors (Lipinski definition) is 0. The molecule has 0 unspecified atom stereocenters. The summed E-state index contributed by atoms with van der Waals surface area (Å²) in [6, 6.07) is 7.66. The quantitative estimate of drug-likeness (QED) is 0.742. The summed E-state index contributed by atoms with van der Waals surface area (Å²) in [6.07, 6.45) is 2.10. The van der Waals surface area contributed by atoms with Gasteiger partial charge in [-0.25, -0.2) is 4.98 Å². The Morgan fingerprint density at radius 3 is 2.87 bits per heavy atom. The topological polar surface area (TPSA) is 63.7 Å². The van der Waals surface area contributed by atoms with E-state index in [1.165, 1.54) is 0 Å². The van der Waals surface area contributed by atoms with Crippen molar-refractivity contribution in [3.63, 3.8) is 0 Å². The molecule has 4 nitrogen and oxygen atoms in total. The highest BCUT2D eigenvalue weighted by molar-refractivity contribution is 5.53. The Balaban J connectivity index is 2.92. The highest BCUT2D eigenvalue weighted by Gasteiger charge is 2.09. The third-order valence-electron chi connectivity index (χ3n) is 2.08. The number of pyridine rings is 1. The molecule has 0 atom stereocenters. The number of anilines is 1. The fourth-order valence-corrected chi connectivity index (χ4v) is 1.33. The van der Waals surface area contributed by atoms with E-state index in [1.807, 2.05) is 11.8 Å². The molecule has 1 heterocycles. The molecule has 0 aliphatic carbocycles. The van der Waals surface area contributed by atoms with Gasteiger partial charge in [0, 0.05) is 19.3 Å². The SMILES string of the molecule is CCN(CCC#N)c1ncccc1C#N. The Morgan fingerprint density at radius 2 is 2.27 bits per heavy atom. The largest absolute Gasteiger partial charge is 0.355 e. The molecule has 0 aliphatic rings. The summed E-state index contributed by atoms with van der Waals surface area (Å²) in [4.78, 5) is 6.10. The first kappa shape index (κ1) is 11.0. The van der Waals surface area contributed by atoms with E-state index in [4.69, 9.17) is 10.5 Å². The van der Waals surface area contributed by atoms with Crippen LogP contribution in [0.4, 0.5) is 5.82 Å². The third kappa shape index (κ3) is 2.69. The molecule has 1 aromatic heterocycles. The first-order chi connectivity index (χ1) is 7.33. The van der Waals surface area contributed by atoms with Crippen molar-refractivity contribution in [2.45, 2.75) is 13.3 Å². The molecule has 0 aromatic carbocycles. The maximum Gasteiger partial charge on any atom is 0.146 e. The maximum atomic E-state index is 8.91. The van der Waals surface area contributed by atoms with Crippen molar-refractivity contribution in [2.24, 2.45) is 0 Å². The van der Waals surface area contributed by atoms with Crippen LogP contribution in [-0.2, 0) is 0 Å². The maximum absolute atomic E-state index is 8.91. The zero-order valence-corrected chi connectivity index (χ0v) is 8.64. The van der Waals surface area contributed by atoms with E-state index in [-0.39, 0.29) is 0 Å². The minimum Gasteiger partial charge on any atom is -0.355 e. The zero-order chi connectivity index (χ0) is 11.1. The van der Waals surface area contributed by atoms with Crippen LogP contribution in [0.3, 0.4) is 0 Å². The van der Waals surface area contributed by atoms with Gasteiger partial charge in [-0.1, -0.05) is 0 Å². The van der Waals surface area contributed by atoms with Crippen molar-refractivity contribution in [2.75, 3.05) is 18.0 Å². The molecule has 0 aliphatic heterocycles. The molecule has 4 heteroatoms. The van der Waals surface area contributed by atoms with Gasteiger partial charge in [0.2, 0.25) is 0 Å². The highest BCUT2D eigenvalue weighted by Crippen LogP contribution is 2.15. The van der Waals surface area contributed by atoms with Crippen LogP contribution < -0.4 is 4.90 Å². The van der Waals surface area contributed by atoms with Gasteiger partial charge in [0.1, 0.15) is 11.9 Å². The molecular weight excluding hydrogens is 188 g/mol. The molecule has 0 saturated carbocycles. The first-order valence-corrected chi connectivity index (χ1v) is 4.80. The van der Waals surface area contributed by atoms with E-state index in [9.17, 15) is 0 Å². The van der Waals surface area contributed by atoms with Crippen LogP contribution in [0.5, 0.6) is 0 Å². The van der Waals surface area contributed by atoms with Crippen LogP contribution in [0.1, 0.15) is 18.9 Å². The van der Waals surface area contributed by atoms with Crippen LogP contribution in [0.25, 0.3) is 0 Å². The number of nitriles is 2. The first-order valence-electron chi connectivity index (χ1n) is 4.80. The lowest BCUT2D eigenvalue weighted by Gasteiger charge is -2.21. The predicted molar refractivity (Wildman–Crippen MR) is 57.1 cm³/mol. The molecule has 0 fully saturated rings. The number of aromatic nitrogens is 1. The predicted octanol–water partition coefficient (Wildman–Crippen LogP) is 1.69. The van der Waals surface area contributed by atoms with E-state index in [2.05, 4.69) is 17.1 Å².